The maximum Gasteiger partial charge on any atom is 0.308 e. The molecule has 0 spiro atoms. The zero-order valence-electron chi connectivity index (χ0n) is 18.8. The average molecular weight is 395 g/mol. The first-order chi connectivity index (χ1) is 13.0. The Morgan fingerprint density at radius 2 is 1.96 bits per heavy atom. The Morgan fingerprint density at radius 3 is 2.54 bits per heavy atom. The summed E-state index contributed by atoms with van der Waals surface area (Å²) in [6.07, 6.45) is 10.9. The Bertz CT molecular complexity index is 531. The van der Waals surface area contributed by atoms with Crippen LogP contribution in [0.1, 0.15) is 98.8 Å². The van der Waals surface area contributed by atoms with Crippen molar-refractivity contribution in [3.8, 4) is 0 Å². The lowest BCUT2D eigenvalue weighted by atomic mass is 9.65. The van der Waals surface area contributed by atoms with E-state index in [0.29, 0.717) is 17.3 Å². The van der Waals surface area contributed by atoms with Gasteiger partial charge < -0.3 is 5.11 Å². The maximum absolute atomic E-state index is 11.1. The molecule has 2 rings (SSSR count). The van der Waals surface area contributed by atoms with E-state index in [-0.39, 0.29) is 11.7 Å². The molecular formula is C24H42O4. The van der Waals surface area contributed by atoms with E-state index in [0.717, 1.165) is 25.7 Å². The van der Waals surface area contributed by atoms with Crippen LogP contribution in [0.3, 0.4) is 0 Å². The second-order valence-electron chi connectivity index (χ2n) is 10.5. The standard InChI is InChI=1S/C24H42O4/c1-17(11-12-20-18(2)10-8-14-23(20,4)5)9-7-15-24(6)16-13-21(27-28-24)19(3)22(25)26/h17,19-21H,2,7-16H2,1,3-6H3,(H,25,26)/t17-,19-,20+,21+,24-/m1/s1. The van der Waals surface area contributed by atoms with Crippen molar-refractivity contribution < 1.29 is 19.7 Å². The van der Waals surface area contributed by atoms with Gasteiger partial charge in [0.15, 0.2) is 0 Å². The Morgan fingerprint density at radius 1 is 1.25 bits per heavy atom. The average Bonchev–Trinajstić information content (AvgIpc) is 2.60. The molecule has 0 radical (unpaired) electrons. The van der Waals surface area contributed by atoms with Crippen molar-refractivity contribution in [3.05, 3.63) is 12.2 Å². The fraction of sp³-hybridized carbons (Fsp3) is 0.875. The molecule has 0 aromatic heterocycles. The zero-order valence-corrected chi connectivity index (χ0v) is 18.8. The van der Waals surface area contributed by atoms with Crippen LogP contribution in [0.2, 0.25) is 0 Å². The van der Waals surface area contributed by atoms with Crippen LogP contribution in [0.15, 0.2) is 12.2 Å². The molecule has 1 aliphatic carbocycles. The highest BCUT2D eigenvalue weighted by Gasteiger charge is 2.38. The lowest BCUT2D eigenvalue weighted by molar-refractivity contribution is -0.411. The van der Waals surface area contributed by atoms with Gasteiger partial charge in [-0.1, -0.05) is 52.2 Å². The number of hydrogen-bond donors (Lipinski definition) is 1. The predicted molar refractivity (Wildman–Crippen MR) is 113 cm³/mol. The number of aliphatic carboxylic acids is 1. The second kappa shape index (κ2) is 9.75. The largest absolute Gasteiger partial charge is 0.481 e. The second-order valence-corrected chi connectivity index (χ2v) is 10.5. The third kappa shape index (κ3) is 6.32. The van der Waals surface area contributed by atoms with Crippen LogP contribution in [-0.4, -0.2) is 22.8 Å². The lowest BCUT2D eigenvalue weighted by Crippen LogP contribution is -2.41. The van der Waals surface area contributed by atoms with Crippen LogP contribution in [0.5, 0.6) is 0 Å². The molecule has 1 N–H and O–H groups in total. The van der Waals surface area contributed by atoms with Gasteiger partial charge in [-0.15, -0.1) is 0 Å². The molecule has 1 heterocycles. The zero-order chi connectivity index (χ0) is 20.9. The summed E-state index contributed by atoms with van der Waals surface area (Å²) >= 11 is 0. The number of allylic oxidation sites excluding steroid dienone is 1. The summed E-state index contributed by atoms with van der Waals surface area (Å²) in [6, 6.07) is 0. The summed E-state index contributed by atoms with van der Waals surface area (Å²) < 4.78 is 0. The molecule has 28 heavy (non-hydrogen) atoms. The Balaban J connectivity index is 1.68. The van der Waals surface area contributed by atoms with Gasteiger partial charge in [-0.3, -0.25) is 4.79 Å². The summed E-state index contributed by atoms with van der Waals surface area (Å²) in [7, 11) is 0. The van der Waals surface area contributed by atoms with Crippen LogP contribution >= 0.6 is 0 Å². The first-order valence-corrected chi connectivity index (χ1v) is 11.3. The van der Waals surface area contributed by atoms with Crippen molar-refractivity contribution in [2.75, 3.05) is 0 Å². The minimum atomic E-state index is -0.824. The molecular weight excluding hydrogens is 352 g/mol. The Kier molecular flexibility index (Phi) is 8.16. The van der Waals surface area contributed by atoms with E-state index < -0.39 is 11.9 Å². The van der Waals surface area contributed by atoms with Gasteiger partial charge in [0.1, 0.15) is 11.7 Å². The summed E-state index contributed by atoms with van der Waals surface area (Å²) in [6.45, 7) is 15.3. The number of carboxylic acids is 1. The quantitative estimate of drug-likeness (QED) is 0.356. The molecule has 0 bridgehead atoms. The highest BCUT2D eigenvalue weighted by Crippen LogP contribution is 2.46. The number of carboxylic acid groups (broad SMARTS) is 1. The minimum absolute atomic E-state index is 0.284. The van der Waals surface area contributed by atoms with Gasteiger partial charge in [0.25, 0.3) is 0 Å². The highest BCUT2D eigenvalue weighted by atomic mass is 17.2. The molecule has 0 aromatic rings. The minimum Gasteiger partial charge on any atom is -0.481 e. The van der Waals surface area contributed by atoms with Crippen LogP contribution in [0.25, 0.3) is 0 Å². The Labute approximate surface area is 172 Å². The molecule has 0 aromatic carbocycles. The van der Waals surface area contributed by atoms with E-state index in [4.69, 9.17) is 14.9 Å². The fourth-order valence-electron chi connectivity index (χ4n) is 5.06. The summed E-state index contributed by atoms with van der Waals surface area (Å²) in [4.78, 5) is 22.2. The molecule has 2 aliphatic rings. The van der Waals surface area contributed by atoms with E-state index in [1.165, 1.54) is 44.1 Å². The maximum atomic E-state index is 11.1. The number of hydrogen-bond acceptors (Lipinski definition) is 3. The number of carbonyl (C=O) groups is 1. The first kappa shape index (κ1) is 23.4. The molecule has 4 nitrogen and oxygen atoms in total. The third-order valence-corrected chi connectivity index (χ3v) is 7.38. The summed E-state index contributed by atoms with van der Waals surface area (Å²) in [5, 5.41) is 9.12. The smallest absolute Gasteiger partial charge is 0.308 e. The van der Waals surface area contributed by atoms with Crippen molar-refractivity contribution in [2.24, 2.45) is 23.2 Å². The lowest BCUT2D eigenvalue weighted by Gasteiger charge is -2.41. The fourth-order valence-corrected chi connectivity index (χ4v) is 5.06. The van der Waals surface area contributed by atoms with Gasteiger partial charge in [-0.05, 0) is 76.0 Å². The van der Waals surface area contributed by atoms with Crippen LogP contribution in [-0.2, 0) is 14.6 Å². The molecule has 1 saturated heterocycles. The molecule has 2 fully saturated rings. The molecule has 1 saturated carbocycles. The van der Waals surface area contributed by atoms with Crippen molar-refractivity contribution in [1.82, 2.24) is 0 Å². The van der Waals surface area contributed by atoms with Crippen molar-refractivity contribution in [3.63, 3.8) is 0 Å². The normalized spacial score (nSPS) is 32.7. The van der Waals surface area contributed by atoms with E-state index in [9.17, 15) is 4.79 Å². The van der Waals surface area contributed by atoms with Gasteiger partial charge >= 0.3 is 5.97 Å². The number of rotatable bonds is 9. The third-order valence-electron chi connectivity index (χ3n) is 7.38. The highest BCUT2D eigenvalue weighted by molar-refractivity contribution is 5.70. The molecule has 162 valence electrons. The van der Waals surface area contributed by atoms with E-state index >= 15 is 0 Å². The van der Waals surface area contributed by atoms with E-state index in [1.807, 2.05) is 0 Å². The van der Waals surface area contributed by atoms with Crippen molar-refractivity contribution in [1.29, 1.82) is 0 Å². The Hall–Kier alpha value is -0.870. The van der Waals surface area contributed by atoms with E-state index in [2.05, 4.69) is 34.3 Å². The summed E-state index contributed by atoms with van der Waals surface area (Å²) in [5.74, 6) is 0.0288. The van der Waals surface area contributed by atoms with Crippen LogP contribution in [0.4, 0.5) is 0 Å². The van der Waals surface area contributed by atoms with Gasteiger partial charge in [-0.2, -0.15) is 0 Å². The van der Waals surface area contributed by atoms with Crippen molar-refractivity contribution in [2.45, 2.75) is 111 Å². The van der Waals surface area contributed by atoms with Gasteiger partial charge in [0, 0.05) is 0 Å². The topological polar surface area (TPSA) is 55.8 Å². The van der Waals surface area contributed by atoms with Gasteiger partial charge in [0.05, 0.1) is 5.92 Å². The molecule has 4 heteroatoms. The SMILES string of the molecule is C=C1CCCC(C)(C)[C@H]1CC[C@H](C)CCC[C@]1(C)CC[C@@H]([C@@H](C)C(=O)O)OO1. The van der Waals surface area contributed by atoms with Crippen molar-refractivity contribution >= 4 is 5.97 Å². The molecule has 0 amide bonds. The van der Waals surface area contributed by atoms with Crippen LogP contribution in [0, 0.1) is 23.2 Å². The predicted octanol–water partition coefficient (Wildman–Crippen LogP) is 6.55. The van der Waals surface area contributed by atoms with E-state index in [1.54, 1.807) is 6.92 Å². The molecule has 1 aliphatic heterocycles. The monoisotopic (exact) mass is 394 g/mol. The van der Waals surface area contributed by atoms with Gasteiger partial charge in [0.2, 0.25) is 0 Å². The van der Waals surface area contributed by atoms with Gasteiger partial charge in [-0.25, -0.2) is 9.78 Å². The molecule has 5 atom stereocenters. The summed E-state index contributed by atoms with van der Waals surface area (Å²) in [5.41, 5.74) is 1.59. The molecule has 0 unspecified atom stereocenters. The van der Waals surface area contributed by atoms with Crippen LogP contribution < -0.4 is 0 Å². The first-order valence-electron chi connectivity index (χ1n) is 11.3.